The number of benzene rings is 2. The van der Waals surface area contributed by atoms with Crippen LogP contribution in [-0.2, 0) is 14.8 Å². The molecule has 1 atom stereocenters. The first-order valence-corrected chi connectivity index (χ1v) is 14.5. The molecular formula is C27H33N5O7S. The molecule has 214 valence electrons. The highest BCUT2D eigenvalue weighted by atomic mass is 32.2. The van der Waals surface area contributed by atoms with E-state index in [1.54, 1.807) is 19.1 Å². The van der Waals surface area contributed by atoms with Crippen molar-refractivity contribution in [1.82, 2.24) is 19.8 Å². The fourth-order valence-corrected chi connectivity index (χ4v) is 5.49. The molecule has 3 aromatic rings. The topological polar surface area (TPSA) is 155 Å². The molecule has 13 heteroatoms. The third kappa shape index (κ3) is 6.66. The molecule has 1 amide bonds. The molecule has 12 nitrogen and oxygen atoms in total. The molecule has 1 aliphatic rings. The van der Waals surface area contributed by atoms with E-state index in [0.29, 0.717) is 24.4 Å². The first-order chi connectivity index (χ1) is 19.0. The lowest BCUT2D eigenvalue weighted by atomic mass is 10.2. The van der Waals surface area contributed by atoms with Crippen LogP contribution in [0.3, 0.4) is 0 Å². The normalized spacial score (nSPS) is 15.4. The van der Waals surface area contributed by atoms with Crippen molar-refractivity contribution in [2.45, 2.75) is 51.5 Å². The van der Waals surface area contributed by atoms with Crippen LogP contribution in [0.4, 0.5) is 5.69 Å². The number of amides is 1. The van der Waals surface area contributed by atoms with E-state index in [1.165, 1.54) is 10.7 Å². The first kappa shape index (κ1) is 29.2. The minimum atomic E-state index is -4.19. The minimum absolute atomic E-state index is 0.00115. The van der Waals surface area contributed by atoms with Crippen molar-refractivity contribution in [2.24, 2.45) is 5.92 Å². The monoisotopic (exact) mass is 571 g/mol. The van der Waals surface area contributed by atoms with E-state index in [4.69, 9.17) is 9.47 Å². The van der Waals surface area contributed by atoms with Crippen molar-refractivity contribution in [1.29, 1.82) is 0 Å². The van der Waals surface area contributed by atoms with Crippen LogP contribution >= 0.6 is 0 Å². The van der Waals surface area contributed by atoms with Crippen molar-refractivity contribution in [3.05, 3.63) is 69.4 Å². The average molecular weight is 572 g/mol. The molecule has 0 spiro atoms. The van der Waals surface area contributed by atoms with Gasteiger partial charge in [0, 0.05) is 37.4 Å². The molecule has 2 aromatic carbocycles. The third-order valence-corrected chi connectivity index (χ3v) is 7.84. The number of non-ortho nitro benzene ring substituents is 1. The summed E-state index contributed by atoms with van der Waals surface area (Å²) in [5.74, 6) is -0.484. The van der Waals surface area contributed by atoms with Gasteiger partial charge in [0.25, 0.3) is 11.6 Å². The predicted octanol–water partition coefficient (Wildman–Crippen LogP) is 4.03. The fraction of sp³-hybridized carbons (Fsp3) is 0.407. The van der Waals surface area contributed by atoms with Crippen LogP contribution in [0.2, 0.25) is 0 Å². The molecule has 2 heterocycles. The molecule has 0 aliphatic carbocycles. The Bertz CT molecular complexity index is 1490. The van der Waals surface area contributed by atoms with E-state index in [1.807, 2.05) is 32.9 Å². The second kappa shape index (κ2) is 12.1. The number of hydrogen-bond donors (Lipinski definition) is 2. The Hall–Kier alpha value is -3.81. The summed E-state index contributed by atoms with van der Waals surface area (Å²) in [5.41, 5.74) is 1.63. The quantitative estimate of drug-likeness (QED) is 0.258. The van der Waals surface area contributed by atoms with E-state index in [9.17, 15) is 23.3 Å². The van der Waals surface area contributed by atoms with Gasteiger partial charge in [0.2, 0.25) is 15.9 Å². The van der Waals surface area contributed by atoms with Crippen LogP contribution in [-0.4, -0.2) is 54.8 Å². The Balaban J connectivity index is 1.77. The highest BCUT2D eigenvalue weighted by Crippen LogP contribution is 2.35. The number of carbonyl (C=O) groups excluding carboxylic acids is 1. The minimum Gasteiger partial charge on any atom is -0.437 e. The Morgan fingerprint density at radius 3 is 2.58 bits per heavy atom. The summed E-state index contributed by atoms with van der Waals surface area (Å²) >= 11 is 0. The lowest BCUT2D eigenvalue weighted by Gasteiger charge is -2.15. The fourth-order valence-electron chi connectivity index (χ4n) is 4.14. The van der Waals surface area contributed by atoms with Gasteiger partial charge in [0.05, 0.1) is 16.7 Å². The standard InChI is InChI=1S/C27H33N5O7S/c1-17(2)15-29-40(36,37)24-14-21(32(34)35)11-12-23(24)39-27-19(4)25(26(33)28-16-22-6-5-13-38-22)30-31(27)20-9-7-18(3)8-10-20/h7-12,14,17,22,29H,5-6,13,15-16H2,1-4H3,(H,28,33)/t22-/m1/s1. The second-order valence-corrected chi connectivity index (χ2v) is 11.8. The largest absolute Gasteiger partial charge is 0.437 e. The van der Waals surface area contributed by atoms with E-state index in [-0.39, 0.29) is 35.9 Å². The molecule has 1 aromatic heterocycles. The predicted molar refractivity (Wildman–Crippen MR) is 148 cm³/mol. The highest BCUT2D eigenvalue weighted by Gasteiger charge is 2.28. The number of aryl methyl sites for hydroxylation is 1. The zero-order valence-corrected chi connectivity index (χ0v) is 23.7. The lowest BCUT2D eigenvalue weighted by molar-refractivity contribution is -0.385. The maximum atomic E-state index is 13.2. The molecule has 1 fully saturated rings. The van der Waals surface area contributed by atoms with Crippen LogP contribution in [0, 0.1) is 29.9 Å². The molecule has 2 N–H and O–H groups in total. The van der Waals surface area contributed by atoms with Crippen LogP contribution in [0.25, 0.3) is 5.69 Å². The SMILES string of the molecule is Cc1ccc(-n2nc(C(=O)NC[C@H]3CCCO3)c(C)c2Oc2ccc([N+](=O)[O-])cc2S(=O)(=O)NCC(C)C)cc1. The van der Waals surface area contributed by atoms with Gasteiger partial charge in [0.1, 0.15) is 10.6 Å². The van der Waals surface area contributed by atoms with Crippen molar-refractivity contribution in [2.75, 3.05) is 19.7 Å². The number of sulfonamides is 1. The van der Waals surface area contributed by atoms with Gasteiger partial charge in [-0.15, -0.1) is 0 Å². The number of nitro groups is 1. The Labute approximate surface area is 232 Å². The van der Waals surface area contributed by atoms with Gasteiger partial charge in [-0.3, -0.25) is 14.9 Å². The molecule has 1 aliphatic heterocycles. The molecule has 40 heavy (non-hydrogen) atoms. The van der Waals surface area contributed by atoms with Gasteiger partial charge in [-0.2, -0.15) is 9.78 Å². The number of aromatic nitrogens is 2. The summed E-state index contributed by atoms with van der Waals surface area (Å²) in [4.78, 5) is 23.5. The van der Waals surface area contributed by atoms with Crippen LogP contribution in [0.5, 0.6) is 11.6 Å². The van der Waals surface area contributed by atoms with E-state index in [2.05, 4.69) is 15.1 Å². The van der Waals surface area contributed by atoms with Crippen LogP contribution in [0.1, 0.15) is 48.3 Å². The number of nitrogens with zero attached hydrogens (tertiary/aromatic N) is 3. The Kier molecular flexibility index (Phi) is 8.86. The third-order valence-electron chi connectivity index (χ3n) is 6.39. The Morgan fingerprint density at radius 1 is 1.23 bits per heavy atom. The van der Waals surface area contributed by atoms with Gasteiger partial charge in [-0.05, 0) is 50.8 Å². The second-order valence-electron chi connectivity index (χ2n) is 10.1. The smallest absolute Gasteiger partial charge is 0.272 e. The van der Waals surface area contributed by atoms with Gasteiger partial charge < -0.3 is 14.8 Å². The zero-order valence-electron chi connectivity index (χ0n) is 22.8. The summed E-state index contributed by atoms with van der Waals surface area (Å²) in [6.45, 7) is 8.36. The summed E-state index contributed by atoms with van der Waals surface area (Å²) in [5, 5.41) is 18.8. The number of carbonyl (C=O) groups is 1. The maximum Gasteiger partial charge on any atom is 0.272 e. The molecule has 0 unspecified atom stereocenters. The van der Waals surface area contributed by atoms with Crippen LogP contribution in [0.15, 0.2) is 47.4 Å². The number of hydrogen-bond acceptors (Lipinski definition) is 8. The molecule has 1 saturated heterocycles. The maximum absolute atomic E-state index is 13.2. The molecule has 4 rings (SSSR count). The molecule has 0 bridgehead atoms. The van der Waals surface area contributed by atoms with Crippen molar-refractivity contribution < 1.29 is 27.6 Å². The van der Waals surface area contributed by atoms with Gasteiger partial charge in [0.15, 0.2) is 5.69 Å². The number of nitrogens with one attached hydrogen (secondary N) is 2. The van der Waals surface area contributed by atoms with E-state index in [0.717, 1.165) is 30.5 Å². The summed E-state index contributed by atoms with van der Waals surface area (Å²) in [7, 11) is -4.19. The van der Waals surface area contributed by atoms with E-state index < -0.39 is 31.4 Å². The van der Waals surface area contributed by atoms with Gasteiger partial charge in [-0.1, -0.05) is 31.5 Å². The van der Waals surface area contributed by atoms with Crippen molar-refractivity contribution >= 4 is 21.6 Å². The summed E-state index contributed by atoms with van der Waals surface area (Å²) in [6.07, 6.45) is 1.73. The number of nitro benzene ring substituents is 1. The molecule has 0 saturated carbocycles. The highest BCUT2D eigenvalue weighted by molar-refractivity contribution is 7.89. The number of rotatable bonds is 11. The van der Waals surface area contributed by atoms with Crippen molar-refractivity contribution in [3.8, 4) is 17.3 Å². The lowest BCUT2D eigenvalue weighted by Crippen LogP contribution is -2.32. The first-order valence-electron chi connectivity index (χ1n) is 13.0. The van der Waals surface area contributed by atoms with Crippen molar-refractivity contribution in [3.63, 3.8) is 0 Å². The van der Waals surface area contributed by atoms with Gasteiger partial charge in [-0.25, -0.2) is 13.1 Å². The Morgan fingerprint density at radius 2 is 1.95 bits per heavy atom. The van der Waals surface area contributed by atoms with Gasteiger partial charge >= 0.3 is 0 Å². The van der Waals surface area contributed by atoms with E-state index >= 15 is 0 Å². The van der Waals surface area contributed by atoms with Crippen LogP contribution < -0.4 is 14.8 Å². The molecule has 0 radical (unpaired) electrons. The average Bonchev–Trinajstić information content (AvgIpc) is 3.55. The summed E-state index contributed by atoms with van der Waals surface area (Å²) < 4.78 is 42.0. The number of ether oxygens (including phenoxy) is 2. The molecular weight excluding hydrogens is 538 g/mol. The summed E-state index contributed by atoms with van der Waals surface area (Å²) in [6, 6.07) is 10.7. The zero-order chi connectivity index (χ0) is 29.0.